The zero-order valence-corrected chi connectivity index (χ0v) is 33.6. The maximum atomic E-state index is 12.5. The first-order chi connectivity index (χ1) is 28.5. The Bertz CT molecular complexity index is 1380. The second kappa shape index (κ2) is 25.7. The van der Waals surface area contributed by atoms with Crippen LogP contribution in [0.2, 0.25) is 0 Å². The van der Waals surface area contributed by atoms with Crippen molar-refractivity contribution in [2.45, 2.75) is 157 Å². The number of unbranched alkanes of at least 4 members (excludes halogenated alkanes) is 2. The normalized spacial score (nSPS) is 33.1. The van der Waals surface area contributed by atoms with Crippen molar-refractivity contribution in [2.24, 2.45) is 5.92 Å². The summed E-state index contributed by atoms with van der Waals surface area (Å²) in [5.74, 6) is -3.82. The number of aliphatic carboxylic acids is 1. The molecule has 2 aliphatic heterocycles. The number of hydrogen-bond acceptors (Lipinski definition) is 19. The van der Waals surface area contributed by atoms with Crippen LogP contribution in [0.4, 0.5) is 0 Å². The van der Waals surface area contributed by atoms with E-state index in [0.29, 0.717) is 32.0 Å². The van der Waals surface area contributed by atoms with Crippen LogP contribution in [-0.4, -0.2) is 206 Å². The molecule has 0 aromatic rings. The van der Waals surface area contributed by atoms with E-state index in [1.54, 1.807) is 0 Å². The molecule has 1 aliphatic carbocycles. The number of nitrogens with zero attached hydrogens (tertiary/aromatic N) is 1. The van der Waals surface area contributed by atoms with E-state index in [1.807, 2.05) is 0 Å². The molecular weight excluding hydrogens is 804 g/mol. The van der Waals surface area contributed by atoms with E-state index in [2.05, 4.69) is 5.32 Å². The summed E-state index contributed by atoms with van der Waals surface area (Å²) in [6.45, 7) is -1.15. The van der Waals surface area contributed by atoms with Crippen LogP contribution in [-0.2, 0) is 52.5 Å². The number of Topliss-reactive ketones (excluding diaryl/α,β-unsaturated/α-hetero) is 2. The Balaban J connectivity index is 1.46. The smallest absolute Gasteiger partial charge is 0.323 e. The monoisotopic (exact) mass is 866 g/mol. The highest BCUT2D eigenvalue weighted by Crippen LogP contribution is 2.35. The molecule has 344 valence electrons. The maximum absolute atomic E-state index is 12.5. The minimum atomic E-state index is -1.69. The molecule has 22 heteroatoms. The van der Waals surface area contributed by atoms with E-state index < -0.39 is 136 Å². The summed E-state index contributed by atoms with van der Waals surface area (Å²) in [6.07, 6.45) is -16.0. The minimum absolute atomic E-state index is 0.00201. The highest BCUT2D eigenvalue weighted by atomic mass is 16.8. The number of aliphatic hydroxyl groups is 8. The number of carbonyl (C=O) groups is 6. The minimum Gasteiger partial charge on any atom is -0.480 e. The highest BCUT2D eigenvalue weighted by Gasteiger charge is 2.52. The lowest BCUT2D eigenvalue weighted by Crippen LogP contribution is -2.65. The SMILES string of the molecule is CC1O[C@@H](OC2[C@H](OCCCCC(=O)CCCCC(=O)NCC(=O)CCC(=O)N(CC=O)CC(=O)O)OC(CO)[C@H](O)[C@@H]2O[C@H]2CC(CO)[C@H](O)[C@H](O)C2O)C[C@@H](O)[C@@H]1O. The van der Waals surface area contributed by atoms with Gasteiger partial charge in [-0.05, 0) is 39.0 Å². The van der Waals surface area contributed by atoms with Gasteiger partial charge in [-0.25, -0.2) is 0 Å². The molecule has 0 spiro atoms. The summed E-state index contributed by atoms with van der Waals surface area (Å²) < 4.78 is 29.8. The van der Waals surface area contributed by atoms with Gasteiger partial charge in [0.05, 0.1) is 44.1 Å². The van der Waals surface area contributed by atoms with Gasteiger partial charge in [-0.1, -0.05) is 0 Å². The summed E-state index contributed by atoms with van der Waals surface area (Å²) in [4.78, 5) is 71.3. The third kappa shape index (κ3) is 15.7. The first-order valence-corrected chi connectivity index (χ1v) is 20.3. The molecule has 14 atom stereocenters. The van der Waals surface area contributed by atoms with E-state index >= 15 is 0 Å². The molecule has 3 fully saturated rings. The van der Waals surface area contributed by atoms with Gasteiger partial charge in [0.1, 0.15) is 61.3 Å². The lowest BCUT2D eigenvalue weighted by Gasteiger charge is -2.48. The van der Waals surface area contributed by atoms with Crippen LogP contribution in [0, 0.1) is 5.92 Å². The molecule has 2 amide bonds. The molecule has 0 aromatic carbocycles. The van der Waals surface area contributed by atoms with Crippen molar-refractivity contribution in [1.29, 1.82) is 0 Å². The van der Waals surface area contributed by atoms with Gasteiger partial charge in [0.25, 0.3) is 0 Å². The summed E-state index contributed by atoms with van der Waals surface area (Å²) >= 11 is 0. The second-order valence-corrected chi connectivity index (χ2v) is 15.4. The van der Waals surface area contributed by atoms with Gasteiger partial charge in [-0.3, -0.25) is 24.0 Å². The zero-order valence-electron chi connectivity index (χ0n) is 33.6. The standard InChI is InChI=1S/C38H62N2O20/c1-20-31(51)24(46)15-30(57-20)60-37-36(58-25-14-21(18-42)32(52)35(55)33(25)53)34(54)26(19-43)59-38(37)56-13-5-4-7-22(44)6-2-3-8-27(47)39-16-23(45)9-10-28(48)40(11-12-41)17-29(49)50/h12,20-21,24-26,30-38,42-43,46,51-55H,2-11,13-19H2,1H3,(H,39,47)(H,49,50)/t20?,21?,24-,25+,26?,30+,31-,32+,33?,34+,35+,36+,37?,38-/m1/s1. The van der Waals surface area contributed by atoms with Crippen LogP contribution in [0.15, 0.2) is 0 Å². The Morgan fingerprint density at radius 3 is 2.07 bits per heavy atom. The molecule has 60 heavy (non-hydrogen) atoms. The zero-order chi connectivity index (χ0) is 44.5. The summed E-state index contributed by atoms with van der Waals surface area (Å²) in [6, 6.07) is 0. The Kier molecular flexibility index (Phi) is 22.0. The van der Waals surface area contributed by atoms with E-state index in [1.165, 1.54) is 6.92 Å². The van der Waals surface area contributed by atoms with Gasteiger partial charge in [0, 0.05) is 57.7 Å². The number of carboxylic acids is 1. The van der Waals surface area contributed by atoms with Gasteiger partial charge in [0.2, 0.25) is 11.8 Å². The quantitative estimate of drug-likeness (QED) is 0.0293. The van der Waals surface area contributed by atoms with Crippen LogP contribution >= 0.6 is 0 Å². The van der Waals surface area contributed by atoms with Crippen LogP contribution in [0.5, 0.6) is 0 Å². The number of rotatable bonds is 26. The van der Waals surface area contributed by atoms with Gasteiger partial charge in [0.15, 0.2) is 18.4 Å². The van der Waals surface area contributed by atoms with Crippen LogP contribution < -0.4 is 5.32 Å². The molecule has 5 unspecified atom stereocenters. The number of carbonyl (C=O) groups excluding carboxylic acids is 5. The fraction of sp³-hybridized carbons (Fsp3) is 0.842. The lowest BCUT2D eigenvalue weighted by molar-refractivity contribution is -0.360. The number of aliphatic hydroxyl groups excluding tert-OH is 8. The van der Waals surface area contributed by atoms with Crippen LogP contribution in [0.1, 0.15) is 77.6 Å². The second-order valence-electron chi connectivity index (χ2n) is 15.4. The Hall–Kier alpha value is -3.10. The van der Waals surface area contributed by atoms with Crippen molar-refractivity contribution in [2.75, 3.05) is 39.5 Å². The number of ketones is 2. The Morgan fingerprint density at radius 1 is 0.750 bits per heavy atom. The third-order valence-corrected chi connectivity index (χ3v) is 10.8. The summed E-state index contributed by atoms with van der Waals surface area (Å²) in [5.41, 5.74) is 0. The molecule has 0 radical (unpaired) electrons. The molecule has 10 N–H and O–H groups in total. The molecule has 3 rings (SSSR count). The van der Waals surface area contributed by atoms with Gasteiger partial charge in [-0.15, -0.1) is 0 Å². The number of carboxylic acid groups (broad SMARTS) is 1. The Labute approximate surface area is 346 Å². The molecule has 22 nitrogen and oxygen atoms in total. The number of amides is 2. The maximum Gasteiger partial charge on any atom is 0.323 e. The van der Waals surface area contributed by atoms with Crippen molar-refractivity contribution in [3.8, 4) is 0 Å². The number of nitrogens with one attached hydrogen (secondary N) is 1. The van der Waals surface area contributed by atoms with E-state index in [4.69, 9.17) is 28.8 Å². The Morgan fingerprint density at radius 2 is 1.43 bits per heavy atom. The highest BCUT2D eigenvalue weighted by molar-refractivity contribution is 5.90. The number of aldehydes is 1. The van der Waals surface area contributed by atoms with Crippen LogP contribution in [0.25, 0.3) is 0 Å². The molecule has 1 saturated carbocycles. The fourth-order valence-corrected chi connectivity index (χ4v) is 7.20. The van der Waals surface area contributed by atoms with Gasteiger partial charge < -0.3 is 84.7 Å². The van der Waals surface area contributed by atoms with Crippen molar-refractivity contribution in [3.63, 3.8) is 0 Å². The van der Waals surface area contributed by atoms with Crippen molar-refractivity contribution >= 4 is 35.6 Å². The van der Waals surface area contributed by atoms with Crippen molar-refractivity contribution in [3.05, 3.63) is 0 Å². The topological polar surface area (TPSA) is 346 Å². The predicted molar refractivity (Wildman–Crippen MR) is 200 cm³/mol. The molecule has 0 bridgehead atoms. The van der Waals surface area contributed by atoms with Crippen molar-refractivity contribution < 1.29 is 98.4 Å². The first kappa shape index (κ1) is 51.3. The summed E-state index contributed by atoms with van der Waals surface area (Å²) in [5, 5.41) is 94.4. The fourth-order valence-electron chi connectivity index (χ4n) is 7.20. The molecule has 2 saturated heterocycles. The van der Waals surface area contributed by atoms with E-state index in [0.717, 1.165) is 4.90 Å². The third-order valence-electron chi connectivity index (χ3n) is 10.8. The number of hydrogen-bond donors (Lipinski definition) is 10. The van der Waals surface area contributed by atoms with Crippen LogP contribution in [0.3, 0.4) is 0 Å². The first-order valence-electron chi connectivity index (χ1n) is 20.3. The number of ether oxygens (including phenoxy) is 5. The van der Waals surface area contributed by atoms with Gasteiger partial charge in [-0.2, -0.15) is 0 Å². The van der Waals surface area contributed by atoms with Gasteiger partial charge >= 0.3 is 5.97 Å². The van der Waals surface area contributed by atoms with E-state index in [9.17, 15) is 69.6 Å². The van der Waals surface area contributed by atoms with E-state index in [-0.39, 0.29) is 63.9 Å². The largest absolute Gasteiger partial charge is 0.480 e. The van der Waals surface area contributed by atoms with Crippen molar-refractivity contribution in [1.82, 2.24) is 10.2 Å². The predicted octanol–water partition coefficient (Wildman–Crippen LogP) is -3.95. The lowest BCUT2D eigenvalue weighted by atomic mass is 9.81. The average molecular weight is 867 g/mol. The summed E-state index contributed by atoms with van der Waals surface area (Å²) in [7, 11) is 0. The molecule has 3 aliphatic rings. The molecule has 2 heterocycles. The molecular formula is C38H62N2O20. The molecule has 0 aromatic heterocycles. The average Bonchev–Trinajstić information content (AvgIpc) is 3.21.